The molecule has 1 aromatic rings. The van der Waals surface area contributed by atoms with Gasteiger partial charge >= 0.3 is 0 Å². The van der Waals surface area contributed by atoms with Crippen LogP contribution >= 0.6 is 0 Å². The molecule has 0 aromatic heterocycles. The van der Waals surface area contributed by atoms with E-state index in [1.165, 1.54) is 16.4 Å². The molecule has 0 saturated carbocycles. The normalized spacial score (nSPS) is 18.1. The first-order valence-electron chi connectivity index (χ1n) is 8.84. The van der Waals surface area contributed by atoms with Gasteiger partial charge in [0.1, 0.15) is 0 Å². The number of hydrogen-bond acceptors (Lipinski definition) is 6. The van der Waals surface area contributed by atoms with Gasteiger partial charge in [-0.1, -0.05) is 19.4 Å². The summed E-state index contributed by atoms with van der Waals surface area (Å²) in [5.74, 6) is -0.187. The van der Waals surface area contributed by atoms with Crippen molar-refractivity contribution in [3.8, 4) is 0 Å². The maximum atomic E-state index is 12.9. The van der Waals surface area contributed by atoms with Gasteiger partial charge in [-0.15, -0.1) is 0 Å². The third-order valence-electron chi connectivity index (χ3n) is 4.78. The second kappa shape index (κ2) is 7.91. The van der Waals surface area contributed by atoms with Crippen LogP contribution in [0.2, 0.25) is 0 Å². The average molecular weight is 398 g/mol. The van der Waals surface area contributed by atoms with Crippen molar-refractivity contribution in [1.29, 1.82) is 0 Å². The van der Waals surface area contributed by atoms with Crippen molar-refractivity contribution in [3.05, 3.63) is 33.9 Å². The van der Waals surface area contributed by atoms with Gasteiger partial charge in [-0.25, -0.2) is 8.42 Å². The molecule has 27 heavy (non-hydrogen) atoms. The Morgan fingerprint density at radius 1 is 1.30 bits per heavy atom. The Morgan fingerprint density at radius 3 is 2.41 bits per heavy atom. The second-order valence-corrected chi connectivity index (χ2v) is 8.98. The van der Waals surface area contributed by atoms with Crippen molar-refractivity contribution < 1.29 is 18.1 Å². The SMILES string of the molecule is CCCC(C)(N)C(=O)N1CCN(S(=O)(=O)c2cc([N+](=O)[O-])ccc2C)CC1. The maximum Gasteiger partial charge on any atom is 0.270 e. The summed E-state index contributed by atoms with van der Waals surface area (Å²) in [5.41, 5.74) is 5.29. The molecule has 1 fully saturated rings. The lowest BCUT2D eigenvalue weighted by Gasteiger charge is -2.38. The minimum atomic E-state index is -3.88. The van der Waals surface area contributed by atoms with Crippen LogP contribution in [0.15, 0.2) is 23.1 Å². The number of non-ortho nitro benzene ring substituents is 1. The van der Waals surface area contributed by atoms with Crippen LogP contribution < -0.4 is 5.73 Å². The number of nitrogens with zero attached hydrogens (tertiary/aromatic N) is 3. The van der Waals surface area contributed by atoms with Gasteiger partial charge < -0.3 is 10.6 Å². The van der Waals surface area contributed by atoms with E-state index in [2.05, 4.69) is 0 Å². The minimum Gasteiger partial charge on any atom is -0.338 e. The van der Waals surface area contributed by atoms with Gasteiger partial charge in [0.25, 0.3) is 5.69 Å². The van der Waals surface area contributed by atoms with Crippen LogP contribution in [0, 0.1) is 17.0 Å². The van der Waals surface area contributed by atoms with E-state index in [-0.39, 0.29) is 42.7 Å². The lowest BCUT2D eigenvalue weighted by Crippen LogP contribution is -2.58. The highest BCUT2D eigenvalue weighted by Gasteiger charge is 2.36. The second-order valence-electron chi connectivity index (χ2n) is 7.07. The number of nitro benzene ring substituents is 1. The first-order chi connectivity index (χ1) is 12.5. The van der Waals surface area contributed by atoms with Gasteiger partial charge in [0, 0.05) is 38.3 Å². The van der Waals surface area contributed by atoms with Crippen molar-refractivity contribution in [2.24, 2.45) is 5.73 Å². The molecule has 1 aliphatic heterocycles. The molecule has 2 rings (SSSR count). The predicted molar refractivity (Wildman–Crippen MR) is 101 cm³/mol. The number of piperazine rings is 1. The monoisotopic (exact) mass is 398 g/mol. The van der Waals surface area contributed by atoms with Gasteiger partial charge in [0.2, 0.25) is 15.9 Å². The number of nitro groups is 1. The fourth-order valence-electron chi connectivity index (χ4n) is 3.24. The molecule has 0 aliphatic carbocycles. The quantitative estimate of drug-likeness (QED) is 0.567. The molecule has 1 heterocycles. The molecule has 0 radical (unpaired) electrons. The topological polar surface area (TPSA) is 127 Å². The summed E-state index contributed by atoms with van der Waals surface area (Å²) >= 11 is 0. The Bertz CT molecular complexity index is 830. The molecule has 1 saturated heterocycles. The van der Waals surface area contributed by atoms with Crippen molar-refractivity contribution in [2.45, 2.75) is 44.0 Å². The van der Waals surface area contributed by atoms with Crippen molar-refractivity contribution in [3.63, 3.8) is 0 Å². The number of carbonyl (C=O) groups is 1. The summed E-state index contributed by atoms with van der Waals surface area (Å²) in [7, 11) is -3.88. The lowest BCUT2D eigenvalue weighted by atomic mass is 9.95. The summed E-state index contributed by atoms with van der Waals surface area (Å²) in [5, 5.41) is 11.0. The Labute approximate surface area is 159 Å². The Kier molecular flexibility index (Phi) is 6.23. The summed E-state index contributed by atoms with van der Waals surface area (Å²) in [4.78, 5) is 24.4. The van der Waals surface area contributed by atoms with Gasteiger partial charge in [0.15, 0.2) is 0 Å². The van der Waals surface area contributed by atoms with Crippen molar-refractivity contribution in [1.82, 2.24) is 9.21 Å². The van der Waals surface area contributed by atoms with Crippen LogP contribution in [0.5, 0.6) is 0 Å². The lowest BCUT2D eigenvalue weighted by molar-refractivity contribution is -0.385. The molecule has 1 unspecified atom stereocenters. The number of hydrogen-bond donors (Lipinski definition) is 1. The molecule has 1 atom stereocenters. The van der Waals surface area contributed by atoms with Crippen LogP contribution in [0.1, 0.15) is 32.3 Å². The highest BCUT2D eigenvalue weighted by Crippen LogP contribution is 2.26. The first-order valence-corrected chi connectivity index (χ1v) is 10.3. The molecule has 10 heteroatoms. The van der Waals surface area contributed by atoms with E-state index in [0.717, 1.165) is 12.5 Å². The molecular formula is C17H26N4O5S. The predicted octanol–water partition coefficient (Wildman–Crippen LogP) is 1.25. The molecule has 9 nitrogen and oxygen atoms in total. The standard InChI is InChI=1S/C17H26N4O5S/c1-4-7-17(3,18)16(22)19-8-10-20(11-9-19)27(25,26)15-12-14(21(23)24)6-5-13(15)2/h5-6,12H,4,7-11,18H2,1-3H3. The number of aryl methyl sites for hydroxylation is 1. The molecule has 0 spiro atoms. The number of benzene rings is 1. The van der Waals surface area contributed by atoms with E-state index < -0.39 is 20.5 Å². The Morgan fingerprint density at radius 2 is 1.89 bits per heavy atom. The van der Waals surface area contributed by atoms with E-state index >= 15 is 0 Å². The van der Waals surface area contributed by atoms with Crippen molar-refractivity contribution >= 4 is 21.6 Å². The minimum absolute atomic E-state index is 0.0777. The number of carbonyl (C=O) groups excluding carboxylic acids is 1. The average Bonchev–Trinajstić information content (AvgIpc) is 2.61. The summed E-state index contributed by atoms with van der Waals surface area (Å²) in [6.07, 6.45) is 1.33. The Hall–Kier alpha value is -2.04. The smallest absolute Gasteiger partial charge is 0.270 e. The third-order valence-corrected chi connectivity index (χ3v) is 6.82. The molecular weight excluding hydrogens is 372 g/mol. The van der Waals surface area contributed by atoms with Gasteiger partial charge in [-0.3, -0.25) is 14.9 Å². The number of nitrogens with two attached hydrogens (primary N) is 1. The van der Waals surface area contributed by atoms with Crippen molar-refractivity contribution in [2.75, 3.05) is 26.2 Å². The van der Waals surface area contributed by atoms with Gasteiger partial charge in [-0.2, -0.15) is 4.31 Å². The highest BCUT2D eigenvalue weighted by molar-refractivity contribution is 7.89. The van der Waals surface area contributed by atoms with E-state index in [1.54, 1.807) is 18.7 Å². The van der Waals surface area contributed by atoms with E-state index in [9.17, 15) is 23.3 Å². The zero-order valence-electron chi connectivity index (χ0n) is 15.8. The zero-order valence-corrected chi connectivity index (χ0v) is 16.7. The molecule has 1 aromatic carbocycles. The van der Waals surface area contributed by atoms with Crippen LogP contribution in [-0.2, 0) is 14.8 Å². The number of amides is 1. The summed E-state index contributed by atoms with van der Waals surface area (Å²) < 4.78 is 27.1. The largest absolute Gasteiger partial charge is 0.338 e. The molecule has 0 bridgehead atoms. The summed E-state index contributed by atoms with van der Waals surface area (Å²) in [6, 6.07) is 3.79. The van der Waals surface area contributed by atoms with E-state index in [4.69, 9.17) is 5.73 Å². The first kappa shape index (κ1) is 21.3. The van der Waals surface area contributed by atoms with Crippen LogP contribution in [0.3, 0.4) is 0 Å². The number of rotatable bonds is 6. The van der Waals surface area contributed by atoms with Gasteiger partial charge in [0.05, 0.1) is 15.4 Å². The zero-order chi connectivity index (χ0) is 20.4. The van der Waals surface area contributed by atoms with Crippen LogP contribution in [-0.4, -0.2) is 60.2 Å². The fourth-order valence-corrected chi connectivity index (χ4v) is 4.91. The molecule has 1 aliphatic rings. The van der Waals surface area contributed by atoms with E-state index in [0.29, 0.717) is 12.0 Å². The Balaban J connectivity index is 2.17. The number of sulfonamides is 1. The van der Waals surface area contributed by atoms with Gasteiger partial charge in [-0.05, 0) is 25.8 Å². The summed E-state index contributed by atoms with van der Waals surface area (Å²) in [6.45, 7) is 5.96. The maximum absolute atomic E-state index is 12.9. The fraction of sp³-hybridized carbons (Fsp3) is 0.588. The van der Waals surface area contributed by atoms with Crippen LogP contribution in [0.25, 0.3) is 0 Å². The third kappa shape index (κ3) is 4.45. The highest BCUT2D eigenvalue weighted by atomic mass is 32.2. The van der Waals surface area contributed by atoms with Crippen LogP contribution in [0.4, 0.5) is 5.69 Å². The van der Waals surface area contributed by atoms with E-state index in [1.807, 2.05) is 6.92 Å². The molecule has 150 valence electrons. The molecule has 1 amide bonds. The molecule has 2 N–H and O–H groups in total.